The van der Waals surface area contributed by atoms with Crippen LogP contribution in [0.2, 0.25) is 0 Å². The number of aldehydes is 1. The molecule has 0 aromatic heterocycles. The average molecular weight is 355 g/mol. The van der Waals surface area contributed by atoms with Crippen molar-refractivity contribution in [3.63, 3.8) is 0 Å². The van der Waals surface area contributed by atoms with E-state index in [0.29, 0.717) is 17.9 Å². The van der Waals surface area contributed by atoms with Crippen LogP contribution in [-0.2, 0) is 0 Å². The number of hydrogen-bond donors (Lipinski definition) is 0. The molecular formula is C17H23BrO3. The molecule has 0 radical (unpaired) electrons. The van der Waals surface area contributed by atoms with Crippen LogP contribution in [0.5, 0.6) is 11.5 Å². The minimum Gasteiger partial charge on any atom is -0.490 e. The van der Waals surface area contributed by atoms with Gasteiger partial charge in [-0.15, -0.1) is 0 Å². The van der Waals surface area contributed by atoms with Crippen molar-refractivity contribution in [2.24, 2.45) is 5.92 Å². The van der Waals surface area contributed by atoms with Crippen LogP contribution in [0.15, 0.2) is 16.6 Å². The van der Waals surface area contributed by atoms with Gasteiger partial charge in [0.2, 0.25) is 0 Å². The highest BCUT2D eigenvalue weighted by molar-refractivity contribution is 9.10. The predicted molar refractivity (Wildman–Crippen MR) is 87.4 cm³/mol. The third-order valence-corrected chi connectivity index (χ3v) is 4.65. The molecule has 3 nitrogen and oxygen atoms in total. The first-order chi connectivity index (χ1) is 10.2. The molecule has 0 aliphatic heterocycles. The molecule has 1 saturated carbocycles. The Hall–Kier alpha value is -1.03. The van der Waals surface area contributed by atoms with Crippen molar-refractivity contribution in [3.8, 4) is 11.5 Å². The van der Waals surface area contributed by atoms with E-state index >= 15 is 0 Å². The van der Waals surface area contributed by atoms with Gasteiger partial charge in [-0.3, -0.25) is 4.79 Å². The van der Waals surface area contributed by atoms with Gasteiger partial charge in [0.1, 0.15) is 6.29 Å². The maximum atomic E-state index is 11.0. The molecule has 0 bridgehead atoms. The number of hydrogen-bond acceptors (Lipinski definition) is 3. The Morgan fingerprint density at radius 1 is 1.33 bits per heavy atom. The van der Waals surface area contributed by atoms with Gasteiger partial charge >= 0.3 is 0 Å². The Morgan fingerprint density at radius 2 is 2.14 bits per heavy atom. The molecule has 4 heteroatoms. The summed E-state index contributed by atoms with van der Waals surface area (Å²) in [6.07, 6.45) is 6.99. The van der Waals surface area contributed by atoms with Gasteiger partial charge in [0.15, 0.2) is 11.5 Å². The van der Waals surface area contributed by atoms with Gasteiger partial charge in [-0.05, 0) is 60.2 Å². The molecule has 21 heavy (non-hydrogen) atoms. The Morgan fingerprint density at radius 3 is 2.81 bits per heavy atom. The summed E-state index contributed by atoms with van der Waals surface area (Å²) in [5.41, 5.74) is 0.591. The van der Waals surface area contributed by atoms with Crippen LogP contribution in [0.25, 0.3) is 0 Å². The van der Waals surface area contributed by atoms with Gasteiger partial charge in [0, 0.05) is 5.56 Å². The van der Waals surface area contributed by atoms with E-state index in [1.165, 1.54) is 19.3 Å². The van der Waals surface area contributed by atoms with Gasteiger partial charge in [-0.25, -0.2) is 0 Å². The molecule has 0 N–H and O–H groups in total. The summed E-state index contributed by atoms with van der Waals surface area (Å²) in [7, 11) is 0. The highest BCUT2D eigenvalue weighted by Crippen LogP contribution is 2.39. The minimum atomic E-state index is 0.237. The van der Waals surface area contributed by atoms with E-state index in [2.05, 4.69) is 22.9 Å². The standard InChI is InChI=1S/C17H23BrO3/c1-3-12-6-5-7-14(8-12)21-17-15(18)9-13(11-19)10-16(17)20-4-2/h9-12,14H,3-8H2,1-2H3. The molecule has 2 atom stereocenters. The Kier molecular flexibility index (Phi) is 6.09. The Bertz CT molecular complexity index is 487. The highest BCUT2D eigenvalue weighted by Gasteiger charge is 2.24. The fourth-order valence-electron chi connectivity index (χ4n) is 2.92. The smallest absolute Gasteiger partial charge is 0.175 e. The molecule has 0 spiro atoms. The molecule has 1 aliphatic rings. The van der Waals surface area contributed by atoms with Gasteiger partial charge in [0.25, 0.3) is 0 Å². The van der Waals surface area contributed by atoms with Crippen molar-refractivity contribution in [2.45, 2.75) is 52.1 Å². The topological polar surface area (TPSA) is 35.5 Å². The summed E-state index contributed by atoms with van der Waals surface area (Å²) < 4.78 is 12.6. The predicted octanol–water partition coefficient (Wildman–Crippen LogP) is 5.01. The first-order valence-electron chi connectivity index (χ1n) is 7.76. The maximum absolute atomic E-state index is 11.0. The lowest BCUT2D eigenvalue weighted by Gasteiger charge is -2.30. The summed E-state index contributed by atoms with van der Waals surface area (Å²) in [5.74, 6) is 2.13. The summed E-state index contributed by atoms with van der Waals surface area (Å²) in [6.45, 7) is 4.72. The molecule has 2 unspecified atom stereocenters. The lowest BCUT2D eigenvalue weighted by Crippen LogP contribution is -2.25. The summed E-state index contributed by atoms with van der Waals surface area (Å²) in [6, 6.07) is 3.53. The Balaban J connectivity index is 2.19. The van der Waals surface area contributed by atoms with E-state index in [9.17, 15) is 4.79 Å². The van der Waals surface area contributed by atoms with Crippen molar-refractivity contribution in [3.05, 3.63) is 22.2 Å². The van der Waals surface area contributed by atoms with Crippen molar-refractivity contribution in [1.29, 1.82) is 0 Å². The van der Waals surface area contributed by atoms with E-state index in [0.717, 1.165) is 35.3 Å². The number of carbonyl (C=O) groups excluding carboxylic acids is 1. The molecular weight excluding hydrogens is 332 g/mol. The second-order valence-corrected chi connectivity index (χ2v) is 6.42. The zero-order valence-electron chi connectivity index (χ0n) is 12.7. The van der Waals surface area contributed by atoms with Crippen molar-refractivity contribution >= 4 is 22.2 Å². The monoisotopic (exact) mass is 354 g/mol. The zero-order valence-corrected chi connectivity index (χ0v) is 14.3. The molecule has 116 valence electrons. The zero-order chi connectivity index (χ0) is 15.2. The van der Waals surface area contributed by atoms with Gasteiger partial charge < -0.3 is 9.47 Å². The SMILES string of the molecule is CCOc1cc(C=O)cc(Br)c1OC1CCCC(CC)C1. The fourth-order valence-corrected chi connectivity index (χ4v) is 3.47. The van der Waals surface area contributed by atoms with Gasteiger partial charge in [-0.1, -0.05) is 19.8 Å². The van der Waals surface area contributed by atoms with E-state index < -0.39 is 0 Å². The van der Waals surface area contributed by atoms with E-state index in [1.807, 2.05) is 6.92 Å². The number of rotatable bonds is 6. The van der Waals surface area contributed by atoms with E-state index in [-0.39, 0.29) is 6.10 Å². The lowest BCUT2D eigenvalue weighted by molar-refractivity contribution is 0.111. The first kappa shape index (κ1) is 16.3. The normalized spacial score (nSPS) is 21.9. The van der Waals surface area contributed by atoms with Gasteiger partial charge in [-0.2, -0.15) is 0 Å². The molecule has 0 saturated heterocycles. The summed E-state index contributed by atoms with van der Waals surface area (Å²) in [5, 5.41) is 0. The molecule has 0 amide bonds. The lowest BCUT2D eigenvalue weighted by atomic mass is 9.85. The number of ether oxygens (including phenoxy) is 2. The van der Waals surface area contributed by atoms with Crippen molar-refractivity contribution in [1.82, 2.24) is 0 Å². The van der Waals surface area contributed by atoms with Crippen molar-refractivity contribution < 1.29 is 14.3 Å². The second kappa shape index (κ2) is 7.83. The van der Waals surface area contributed by atoms with Crippen LogP contribution in [0.1, 0.15) is 56.3 Å². The largest absolute Gasteiger partial charge is 0.490 e. The van der Waals surface area contributed by atoms with Crippen LogP contribution in [-0.4, -0.2) is 19.0 Å². The quantitative estimate of drug-likeness (QED) is 0.673. The van der Waals surface area contributed by atoms with Gasteiger partial charge in [0.05, 0.1) is 17.2 Å². The molecule has 1 aromatic rings. The van der Waals surface area contributed by atoms with E-state index in [4.69, 9.17) is 9.47 Å². The molecule has 0 heterocycles. The summed E-state index contributed by atoms with van der Waals surface area (Å²) >= 11 is 3.50. The van der Waals surface area contributed by atoms with E-state index in [1.54, 1.807) is 12.1 Å². The van der Waals surface area contributed by atoms with Crippen LogP contribution in [0.3, 0.4) is 0 Å². The first-order valence-corrected chi connectivity index (χ1v) is 8.55. The third-order valence-electron chi connectivity index (χ3n) is 4.06. The molecule has 2 rings (SSSR count). The highest BCUT2D eigenvalue weighted by atomic mass is 79.9. The number of benzene rings is 1. The summed E-state index contributed by atoms with van der Waals surface area (Å²) in [4.78, 5) is 11.0. The van der Waals surface area contributed by atoms with Crippen LogP contribution in [0, 0.1) is 5.92 Å². The second-order valence-electron chi connectivity index (χ2n) is 5.56. The van der Waals surface area contributed by atoms with Crippen LogP contribution in [0.4, 0.5) is 0 Å². The maximum Gasteiger partial charge on any atom is 0.175 e. The number of halogens is 1. The van der Waals surface area contributed by atoms with Crippen molar-refractivity contribution in [2.75, 3.05) is 6.61 Å². The fraction of sp³-hybridized carbons (Fsp3) is 0.588. The Labute approximate surface area is 135 Å². The van der Waals surface area contributed by atoms with Crippen LogP contribution >= 0.6 is 15.9 Å². The third kappa shape index (κ3) is 4.22. The number of carbonyl (C=O) groups is 1. The molecule has 1 aliphatic carbocycles. The average Bonchev–Trinajstić information content (AvgIpc) is 2.50. The molecule has 1 aromatic carbocycles. The van der Waals surface area contributed by atoms with Crippen LogP contribution < -0.4 is 9.47 Å². The minimum absolute atomic E-state index is 0.237. The molecule has 1 fully saturated rings.